The van der Waals surface area contributed by atoms with Crippen molar-refractivity contribution in [3.63, 3.8) is 0 Å². The zero-order chi connectivity index (χ0) is 9.70. The van der Waals surface area contributed by atoms with Crippen molar-refractivity contribution in [2.45, 2.75) is 53.6 Å². The lowest BCUT2D eigenvalue weighted by molar-refractivity contribution is 0.166. The van der Waals surface area contributed by atoms with Crippen molar-refractivity contribution < 1.29 is 5.11 Å². The van der Waals surface area contributed by atoms with E-state index in [4.69, 9.17) is 5.11 Å². The summed E-state index contributed by atoms with van der Waals surface area (Å²) in [5.41, 5.74) is 0. The fraction of sp³-hybridized carbons (Fsp3) is 0.800. The zero-order valence-corrected chi connectivity index (χ0v) is 8.72. The van der Waals surface area contributed by atoms with Gasteiger partial charge in [0.1, 0.15) is 0 Å². The lowest BCUT2D eigenvalue weighted by Gasteiger charge is -1.98. The summed E-state index contributed by atoms with van der Waals surface area (Å²) < 4.78 is 0. The topological polar surface area (TPSA) is 20.2 Å². The van der Waals surface area contributed by atoms with Crippen LogP contribution in [0.3, 0.4) is 0 Å². The first-order valence-electron chi connectivity index (χ1n) is 4.47. The van der Waals surface area contributed by atoms with E-state index < -0.39 is 0 Å². The van der Waals surface area contributed by atoms with Crippen LogP contribution >= 0.6 is 0 Å². The van der Waals surface area contributed by atoms with E-state index in [0.29, 0.717) is 0 Å². The number of hydrogen-bond donors (Lipinski definition) is 1. The minimum absolute atomic E-state index is 0.0648. The Morgan fingerprint density at radius 2 is 1.45 bits per heavy atom. The van der Waals surface area contributed by atoms with Gasteiger partial charge in [0.05, 0.1) is 6.10 Å². The van der Waals surface area contributed by atoms with Crippen LogP contribution in [-0.4, -0.2) is 11.2 Å². The highest BCUT2D eigenvalue weighted by molar-refractivity contribution is 4.51. The average molecular weight is 160 g/mol. The van der Waals surface area contributed by atoms with Crippen molar-refractivity contribution in [3.05, 3.63) is 12.7 Å². The van der Waals surface area contributed by atoms with E-state index in [1.54, 1.807) is 6.08 Å². The monoisotopic (exact) mass is 160 g/mol. The van der Waals surface area contributed by atoms with E-state index in [1.807, 2.05) is 34.6 Å². The first kappa shape index (κ1) is 17.0. The van der Waals surface area contributed by atoms with E-state index in [-0.39, 0.29) is 6.10 Å². The van der Waals surface area contributed by atoms with Gasteiger partial charge in [-0.2, -0.15) is 0 Å². The third-order valence-electron chi connectivity index (χ3n) is 0.942. The van der Waals surface area contributed by atoms with E-state index in [9.17, 15) is 0 Å². The fourth-order valence-electron chi connectivity index (χ4n) is 0.289. The molecule has 70 valence electrons. The summed E-state index contributed by atoms with van der Waals surface area (Å²) in [4.78, 5) is 0. The number of rotatable bonds is 2. The molecule has 1 nitrogen and oxygen atoms in total. The summed E-state index contributed by atoms with van der Waals surface area (Å²) in [6, 6.07) is 0. The van der Waals surface area contributed by atoms with E-state index >= 15 is 0 Å². The van der Waals surface area contributed by atoms with Gasteiger partial charge in [-0.15, -0.1) is 6.58 Å². The highest BCUT2D eigenvalue weighted by atomic mass is 16.3. The van der Waals surface area contributed by atoms with Gasteiger partial charge in [-0.3, -0.25) is 0 Å². The van der Waals surface area contributed by atoms with Crippen molar-refractivity contribution in [3.8, 4) is 0 Å². The van der Waals surface area contributed by atoms with Crippen LogP contribution in [0.2, 0.25) is 0 Å². The average Bonchev–Trinajstić information content (AvgIpc) is 2.08. The van der Waals surface area contributed by atoms with Crippen LogP contribution in [0, 0.1) is 0 Å². The van der Waals surface area contributed by atoms with Crippen LogP contribution in [0.25, 0.3) is 0 Å². The van der Waals surface area contributed by atoms with Crippen LogP contribution in [-0.2, 0) is 0 Å². The molecule has 0 aliphatic heterocycles. The highest BCUT2D eigenvalue weighted by Gasteiger charge is 1.90. The van der Waals surface area contributed by atoms with Crippen LogP contribution < -0.4 is 0 Å². The van der Waals surface area contributed by atoms with Crippen LogP contribution in [0.1, 0.15) is 47.5 Å². The molecule has 0 atom stereocenters. The summed E-state index contributed by atoms with van der Waals surface area (Å²) >= 11 is 0. The number of allylic oxidation sites excluding steroid dienone is 1. The van der Waals surface area contributed by atoms with Crippen LogP contribution in [0.4, 0.5) is 0 Å². The normalized spacial score (nSPS) is 7.18. The predicted molar refractivity (Wildman–Crippen MR) is 53.8 cm³/mol. The molecule has 1 N–H and O–H groups in total. The summed E-state index contributed by atoms with van der Waals surface area (Å²) in [5, 5.41) is 8.67. The maximum atomic E-state index is 8.67. The second-order valence-corrected chi connectivity index (χ2v) is 1.88. The summed E-state index contributed by atoms with van der Waals surface area (Å²) in [6.45, 7) is 13.2. The maximum Gasteiger partial charge on any atom is 0.0535 e. The molecule has 0 aliphatic rings. The predicted octanol–water partition coefficient (Wildman–Crippen LogP) is 3.39. The molecule has 0 bridgehead atoms. The van der Waals surface area contributed by atoms with Crippen molar-refractivity contribution in [1.82, 2.24) is 0 Å². The third-order valence-corrected chi connectivity index (χ3v) is 0.942. The molecule has 0 aromatic heterocycles. The molecule has 0 rings (SSSR count). The number of aliphatic hydroxyl groups is 1. The molecule has 1 heteroatoms. The summed E-state index contributed by atoms with van der Waals surface area (Å²) in [7, 11) is 0. The molecule has 0 aliphatic carbocycles. The molecule has 0 aromatic rings. The van der Waals surface area contributed by atoms with Gasteiger partial charge in [-0.1, -0.05) is 33.8 Å². The van der Waals surface area contributed by atoms with Gasteiger partial charge in [-0.25, -0.2) is 0 Å². The molecule has 0 fully saturated rings. The van der Waals surface area contributed by atoms with Gasteiger partial charge in [0.25, 0.3) is 0 Å². The number of hydrogen-bond acceptors (Lipinski definition) is 1. The van der Waals surface area contributed by atoms with Crippen molar-refractivity contribution in [2.24, 2.45) is 0 Å². The molecule has 0 saturated carbocycles. The van der Waals surface area contributed by atoms with Gasteiger partial charge in [-0.05, 0) is 19.8 Å². The van der Waals surface area contributed by atoms with Crippen LogP contribution in [0.15, 0.2) is 12.7 Å². The molecule has 0 unspecified atom stereocenters. The Morgan fingerprint density at radius 1 is 1.27 bits per heavy atom. The molecule has 0 saturated heterocycles. The Morgan fingerprint density at radius 3 is 1.45 bits per heavy atom. The largest absolute Gasteiger partial charge is 0.393 e. The smallest absolute Gasteiger partial charge is 0.0535 e. The molecular weight excluding hydrogens is 136 g/mol. The first-order valence-corrected chi connectivity index (χ1v) is 4.47. The van der Waals surface area contributed by atoms with E-state index in [0.717, 1.165) is 12.8 Å². The standard InChI is InChI=1S/C5H12O.C3H6.C2H6/c1-3-5(6)4-2;1-3-2;1-2/h5-6H,3-4H2,1-2H3;3H,1H2,2H3;1-2H3. The Labute approximate surface area is 72.1 Å². The lowest BCUT2D eigenvalue weighted by atomic mass is 10.2. The summed E-state index contributed by atoms with van der Waals surface area (Å²) in [6.07, 6.45) is 3.46. The maximum absolute atomic E-state index is 8.67. The van der Waals surface area contributed by atoms with Gasteiger partial charge < -0.3 is 5.11 Å². The van der Waals surface area contributed by atoms with Gasteiger partial charge in [0, 0.05) is 0 Å². The fourth-order valence-corrected chi connectivity index (χ4v) is 0.289. The van der Waals surface area contributed by atoms with Crippen molar-refractivity contribution in [1.29, 1.82) is 0 Å². The third kappa shape index (κ3) is 42.0. The summed E-state index contributed by atoms with van der Waals surface area (Å²) in [5.74, 6) is 0. The molecule has 0 spiro atoms. The van der Waals surface area contributed by atoms with Crippen molar-refractivity contribution in [2.75, 3.05) is 0 Å². The van der Waals surface area contributed by atoms with Crippen molar-refractivity contribution >= 4 is 0 Å². The van der Waals surface area contributed by atoms with Gasteiger partial charge in [0.2, 0.25) is 0 Å². The molecule has 11 heavy (non-hydrogen) atoms. The molecule has 0 aromatic carbocycles. The second-order valence-electron chi connectivity index (χ2n) is 1.88. The van der Waals surface area contributed by atoms with Crippen LogP contribution in [0.5, 0.6) is 0 Å². The molecule has 0 amide bonds. The Balaban J connectivity index is -0.000000109. The quantitative estimate of drug-likeness (QED) is 0.614. The Hall–Kier alpha value is -0.300. The van der Waals surface area contributed by atoms with E-state index in [1.165, 1.54) is 0 Å². The van der Waals surface area contributed by atoms with Gasteiger partial charge >= 0.3 is 0 Å². The second kappa shape index (κ2) is 22.6. The molecule has 0 heterocycles. The SMILES string of the molecule is C=CC.CC.CCC(O)CC. The minimum atomic E-state index is -0.0648. The highest BCUT2D eigenvalue weighted by Crippen LogP contribution is 1.91. The molecule has 0 radical (unpaired) electrons. The zero-order valence-electron chi connectivity index (χ0n) is 8.72. The van der Waals surface area contributed by atoms with Gasteiger partial charge in [0.15, 0.2) is 0 Å². The number of aliphatic hydroxyl groups excluding tert-OH is 1. The Kier molecular flexibility index (Phi) is 34.9. The molecular formula is C10H24O. The first-order chi connectivity index (χ1) is 5.22. The lowest BCUT2D eigenvalue weighted by Crippen LogP contribution is -1.99. The van der Waals surface area contributed by atoms with E-state index in [2.05, 4.69) is 6.58 Å². The Bertz CT molecular complexity index is 46.8. The minimum Gasteiger partial charge on any atom is -0.393 e.